The van der Waals surface area contributed by atoms with E-state index in [9.17, 15) is 9.59 Å². The molecule has 0 saturated carbocycles. The Morgan fingerprint density at radius 3 is 1.29 bits per heavy atom. The van der Waals surface area contributed by atoms with Crippen LogP contribution in [0, 0.1) is 0 Å². The molecule has 0 N–H and O–H groups in total. The standard InChI is InChI=1S/C50H58F4O9Si2/c1-7-33-13-9-11-15-39(33)41-29-35-17-19-37(31-47(35)61-49(41)55)59-25-21-43(51)45(53)23-27-64(5,57-3)63-65(6,58-4)28-24-46(54)44(52)22-26-60-38-20-18-36-30-42(50(56)62-48(36)32-38)40-16-12-10-14-34(40)8-2/h9-20,29-32,43-46H,7-8,21-28H2,1-6H3. The number of halogens is 4. The lowest BCUT2D eigenvalue weighted by Gasteiger charge is -2.36. The molecule has 348 valence electrons. The maximum absolute atomic E-state index is 15.2. The zero-order valence-electron chi connectivity index (χ0n) is 37.8. The summed E-state index contributed by atoms with van der Waals surface area (Å²) in [5.41, 5.74) is 4.28. The third-order valence-electron chi connectivity index (χ3n) is 11.9. The minimum Gasteiger partial charge on any atom is -0.493 e. The van der Waals surface area contributed by atoms with Gasteiger partial charge in [0, 0.05) is 50.0 Å². The first kappa shape index (κ1) is 49.4. The monoisotopic (exact) mass is 934 g/mol. The molecule has 0 amide bonds. The third kappa shape index (κ3) is 12.6. The molecule has 6 aromatic rings. The normalized spacial score (nSPS) is 15.5. The van der Waals surface area contributed by atoms with Crippen LogP contribution >= 0.6 is 0 Å². The average molecular weight is 935 g/mol. The van der Waals surface area contributed by atoms with E-state index < -0.39 is 53.1 Å². The number of hydrogen-bond donors (Lipinski definition) is 0. The van der Waals surface area contributed by atoms with Crippen LogP contribution in [0.3, 0.4) is 0 Å². The number of hydrogen-bond acceptors (Lipinski definition) is 9. The highest BCUT2D eigenvalue weighted by molar-refractivity contribution is 6.80. The van der Waals surface area contributed by atoms with Gasteiger partial charge in [0.25, 0.3) is 0 Å². The van der Waals surface area contributed by atoms with Gasteiger partial charge < -0.3 is 31.3 Å². The van der Waals surface area contributed by atoms with Crippen LogP contribution in [0.1, 0.15) is 50.7 Å². The van der Waals surface area contributed by atoms with Gasteiger partial charge in [-0.15, -0.1) is 0 Å². The lowest BCUT2D eigenvalue weighted by molar-refractivity contribution is 0.128. The van der Waals surface area contributed by atoms with Gasteiger partial charge in [-0.2, -0.15) is 0 Å². The van der Waals surface area contributed by atoms with Crippen molar-refractivity contribution in [1.82, 2.24) is 0 Å². The number of benzene rings is 4. The topological polar surface area (TPSA) is 107 Å². The van der Waals surface area contributed by atoms with Crippen molar-refractivity contribution in [2.75, 3.05) is 27.4 Å². The summed E-state index contributed by atoms with van der Waals surface area (Å²) in [5.74, 6) is 0.706. The van der Waals surface area contributed by atoms with Gasteiger partial charge in [0.2, 0.25) is 0 Å². The highest BCUT2D eigenvalue weighted by Crippen LogP contribution is 2.32. The molecule has 9 nitrogen and oxygen atoms in total. The van der Waals surface area contributed by atoms with Gasteiger partial charge in [0.05, 0.1) is 24.3 Å². The summed E-state index contributed by atoms with van der Waals surface area (Å²) in [4.78, 5) is 25.8. The van der Waals surface area contributed by atoms with E-state index >= 15 is 17.6 Å². The molecule has 6 rings (SSSR count). The van der Waals surface area contributed by atoms with Crippen molar-refractivity contribution in [3.63, 3.8) is 0 Å². The molecule has 6 unspecified atom stereocenters. The van der Waals surface area contributed by atoms with E-state index in [1.165, 1.54) is 14.2 Å². The van der Waals surface area contributed by atoms with E-state index in [2.05, 4.69) is 0 Å². The smallest absolute Gasteiger partial charge is 0.344 e. The maximum atomic E-state index is 15.2. The Hall–Kier alpha value is -5.07. The summed E-state index contributed by atoms with van der Waals surface area (Å²) < 4.78 is 101. The molecule has 0 fully saturated rings. The first-order chi connectivity index (χ1) is 31.2. The van der Waals surface area contributed by atoms with E-state index in [0.717, 1.165) is 35.1 Å². The molecule has 0 radical (unpaired) electrons. The fourth-order valence-corrected chi connectivity index (χ4v) is 15.0. The number of fused-ring (bicyclic) bond motifs is 2. The third-order valence-corrected chi connectivity index (χ3v) is 19.5. The predicted molar refractivity (Wildman–Crippen MR) is 252 cm³/mol. The van der Waals surface area contributed by atoms with Crippen LogP contribution in [0.5, 0.6) is 11.5 Å². The second-order valence-corrected chi connectivity index (χ2v) is 23.7. The Bertz CT molecular complexity index is 2460. The Kier molecular flexibility index (Phi) is 17.0. The number of alkyl halides is 4. The van der Waals surface area contributed by atoms with E-state index in [-0.39, 0.29) is 51.0 Å². The summed E-state index contributed by atoms with van der Waals surface area (Å²) in [6.45, 7) is 7.24. The second kappa shape index (κ2) is 22.4. The number of rotatable bonds is 24. The molecule has 0 spiro atoms. The van der Waals surface area contributed by atoms with Crippen molar-refractivity contribution in [2.45, 2.75) is 102 Å². The molecular formula is C50H58F4O9Si2. The van der Waals surface area contributed by atoms with Gasteiger partial charge in [-0.25, -0.2) is 27.2 Å². The minimum absolute atomic E-state index is 0.0978. The quantitative estimate of drug-likeness (QED) is 0.0333. The first-order valence-corrected chi connectivity index (χ1v) is 27.2. The van der Waals surface area contributed by atoms with Crippen molar-refractivity contribution in [2.24, 2.45) is 0 Å². The number of ether oxygens (including phenoxy) is 2. The fraction of sp³-hybridized carbons (Fsp3) is 0.400. The highest BCUT2D eigenvalue weighted by Gasteiger charge is 2.43. The Morgan fingerprint density at radius 2 is 0.908 bits per heavy atom. The molecule has 65 heavy (non-hydrogen) atoms. The van der Waals surface area contributed by atoms with Crippen molar-refractivity contribution < 1.29 is 48.8 Å². The van der Waals surface area contributed by atoms with Gasteiger partial charge in [-0.1, -0.05) is 62.4 Å². The SMILES string of the molecule is CCc1ccccc1-c1cc2ccc(OCCC(F)C(F)CC[Si](C)(OC)O[Si](C)(CCC(F)C(F)CCOc3ccc4cc(-c5ccccc5CC)c(=O)oc4c3)OC)cc2oc1=O. The van der Waals surface area contributed by atoms with Crippen LogP contribution in [0.4, 0.5) is 17.6 Å². The summed E-state index contributed by atoms with van der Waals surface area (Å²) >= 11 is 0. The summed E-state index contributed by atoms with van der Waals surface area (Å²) in [5, 5.41) is 1.40. The second-order valence-electron chi connectivity index (χ2n) is 16.5. The van der Waals surface area contributed by atoms with Crippen LogP contribution in [0.25, 0.3) is 44.2 Å². The first-order valence-electron chi connectivity index (χ1n) is 22.1. The van der Waals surface area contributed by atoms with Crippen molar-refractivity contribution in [1.29, 1.82) is 0 Å². The summed E-state index contributed by atoms with van der Waals surface area (Å²) in [6, 6.07) is 29.1. The van der Waals surface area contributed by atoms with E-state index in [0.29, 0.717) is 44.6 Å². The molecule has 6 atom stereocenters. The molecule has 15 heteroatoms. The van der Waals surface area contributed by atoms with Gasteiger partial charge >= 0.3 is 28.4 Å². The Balaban J connectivity index is 0.935. The van der Waals surface area contributed by atoms with E-state index in [1.807, 2.05) is 62.4 Å². The van der Waals surface area contributed by atoms with Crippen molar-refractivity contribution >= 4 is 39.1 Å². The Morgan fingerprint density at radius 1 is 0.523 bits per heavy atom. The molecule has 0 aliphatic carbocycles. The molecular weight excluding hydrogens is 877 g/mol. The van der Waals surface area contributed by atoms with Crippen LogP contribution in [0.15, 0.2) is 115 Å². The summed E-state index contributed by atoms with van der Waals surface area (Å²) in [6.07, 6.45) is -6.65. The van der Waals surface area contributed by atoms with Crippen molar-refractivity contribution in [3.8, 4) is 33.8 Å². The van der Waals surface area contributed by atoms with Crippen molar-refractivity contribution in [3.05, 3.63) is 129 Å². The Labute approximate surface area is 379 Å². The largest absolute Gasteiger partial charge is 0.493 e. The molecule has 0 aliphatic heterocycles. The molecule has 0 aliphatic rings. The summed E-state index contributed by atoms with van der Waals surface area (Å²) in [7, 11) is -3.41. The van der Waals surface area contributed by atoms with Crippen LogP contribution < -0.4 is 20.7 Å². The van der Waals surface area contributed by atoms with Crippen LogP contribution in [-0.2, 0) is 25.8 Å². The highest BCUT2D eigenvalue weighted by atomic mass is 28.5. The molecule has 4 aromatic carbocycles. The fourth-order valence-electron chi connectivity index (χ4n) is 7.87. The van der Waals surface area contributed by atoms with Crippen LogP contribution in [0.2, 0.25) is 25.2 Å². The van der Waals surface area contributed by atoms with Crippen LogP contribution in [-0.4, -0.2) is 69.2 Å². The molecule has 2 aromatic heterocycles. The van der Waals surface area contributed by atoms with E-state index in [4.69, 9.17) is 31.3 Å². The van der Waals surface area contributed by atoms with Gasteiger partial charge in [-0.3, -0.25) is 0 Å². The lowest BCUT2D eigenvalue weighted by Crippen LogP contribution is -2.51. The average Bonchev–Trinajstić information content (AvgIpc) is 3.31. The molecule has 0 bridgehead atoms. The zero-order chi connectivity index (χ0) is 46.7. The molecule has 2 heterocycles. The maximum Gasteiger partial charge on any atom is 0.344 e. The predicted octanol–water partition coefficient (Wildman–Crippen LogP) is 12.2. The van der Waals surface area contributed by atoms with Gasteiger partial charge in [-0.05, 0) is 110 Å². The molecule has 0 saturated heterocycles. The van der Waals surface area contributed by atoms with E-state index in [1.54, 1.807) is 61.6 Å². The van der Waals surface area contributed by atoms with Gasteiger partial charge in [0.15, 0.2) is 0 Å². The lowest BCUT2D eigenvalue weighted by atomic mass is 9.98. The number of aryl methyl sites for hydroxylation is 2. The van der Waals surface area contributed by atoms with Gasteiger partial charge in [0.1, 0.15) is 47.4 Å². The zero-order valence-corrected chi connectivity index (χ0v) is 39.8. The minimum atomic E-state index is -3.14.